The van der Waals surface area contributed by atoms with Gasteiger partial charge < -0.3 is 25.7 Å². The van der Waals surface area contributed by atoms with Crippen molar-refractivity contribution in [3.63, 3.8) is 0 Å². The molecule has 1 saturated carbocycles. The molecule has 1 aromatic heterocycles. The zero-order chi connectivity index (χ0) is 21.4. The zero-order valence-corrected chi connectivity index (χ0v) is 17.7. The Labute approximate surface area is 177 Å². The predicted octanol–water partition coefficient (Wildman–Crippen LogP) is 3.77. The molecule has 3 amide bonds. The maximum absolute atomic E-state index is 12.8. The Morgan fingerprint density at radius 1 is 1.10 bits per heavy atom. The summed E-state index contributed by atoms with van der Waals surface area (Å²) in [6, 6.07) is 7.08. The number of urea groups is 1. The number of benzene rings is 1. The molecule has 0 radical (unpaired) electrons. The number of nitrogens with two attached hydrogens (primary N) is 2. The van der Waals surface area contributed by atoms with Crippen molar-refractivity contribution in [2.75, 3.05) is 13.7 Å². The number of carbonyl (C=O) groups is 2. The number of ether oxygens (including phenoxy) is 1. The van der Waals surface area contributed by atoms with Crippen LogP contribution in [0.2, 0.25) is 0 Å². The summed E-state index contributed by atoms with van der Waals surface area (Å²) in [5, 5.41) is 0. The van der Waals surface area contributed by atoms with Crippen molar-refractivity contribution in [1.82, 2.24) is 9.47 Å². The maximum Gasteiger partial charge on any atom is 0.315 e. The van der Waals surface area contributed by atoms with E-state index >= 15 is 0 Å². The average molecular weight is 411 g/mol. The lowest BCUT2D eigenvalue weighted by Gasteiger charge is -2.37. The van der Waals surface area contributed by atoms with Gasteiger partial charge in [0.25, 0.3) is 5.91 Å². The van der Waals surface area contributed by atoms with Gasteiger partial charge in [-0.3, -0.25) is 4.79 Å². The molecule has 0 spiro atoms. The first-order valence-electron chi connectivity index (χ1n) is 10.7. The number of primary amides is 2. The Balaban J connectivity index is 1.95. The average Bonchev–Trinajstić information content (AvgIpc) is 3.51. The van der Waals surface area contributed by atoms with Gasteiger partial charge in [-0.05, 0) is 42.9 Å². The van der Waals surface area contributed by atoms with Crippen LogP contribution in [0.5, 0.6) is 5.75 Å². The van der Waals surface area contributed by atoms with E-state index in [4.69, 9.17) is 16.2 Å². The molecule has 1 unspecified atom stereocenters. The number of nitrogens with zero attached hydrogens (tertiary/aromatic N) is 2. The first-order valence-corrected chi connectivity index (χ1v) is 10.7. The van der Waals surface area contributed by atoms with Gasteiger partial charge in [-0.1, -0.05) is 31.9 Å². The summed E-state index contributed by atoms with van der Waals surface area (Å²) in [5.74, 6) is 0.724. The van der Waals surface area contributed by atoms with Gasteiger partial charge in [0, 0.05) is 24.3 Å². The van der Waals surface area contributed by atoms with Crippen LogP contribution < -0.4 is 16.2 Å². The molecule has 2 aromatic rings. The van der Waals surface area contributed by atoms with Gasteiger partial charge in [-0.25, -0.2) is 4.79 Å². The summed E-state index contributed by atoms with van der Waals surface area (Å²) >= 11 is 0. The van der Waals surface area contributed by atoms with Crippen LogP contribution in [-0.4, -0.2) is 35.1 Å². The van der Waals surface area contributed by atoms with Crippen LogP contribution in [0, 0.1) is 0 Å². The van der Waals surface area contributed by atoms with Crippen molar-refractivity contribution in [1.29, 1.82) is 0 Å². The Kier molecular flexibility index (Phi) is 5.45. The van der Waals surface area contributed by atoms with E-state index in [2.05, 4.69) is 11.5 Å². The van der Waals surface area contributed by atoms with E-state index in [1.165, 1.54) is 5.69 Å². The number of amides is 3. The lowest BCUT2D eigenvalue weighted by atomic mass is 9.94. The lowest BCUT2D eigenvalue weighted by Crippen LogP contribution is -2.45. The molecule has 2 heterocycles. The highest BCUT2D eigenvalue weighted by Gasteiger charge is 2.41. The third-order valence-corrected chi connectivity index (χ3v) is 6.30. The van der Waals surface area contributed by atoms with E-state index < -0.39 is 11.9 Å². The minimum Gasteiger partial charge on any atom is -0.497 e. The Bertz CT molecular complexity index is 960. The van der Waals surface area contributed by atoms with Gasteiger partial charge in [0.2, 0.25) is 0 Å². The maximum atomic E-state index is 12.8. The second-order valence-electron chi connectivity index (χ2n) is 8.23. The fourth-order valence-corrected chi connectivity index (χ4v) is 4.79. The van der Waals surface area contributed by atoms with Gasteiger partial charge in [-0.15, -0.1) is 0 Å². The Morgan fingerprint density at radius 3 is 2.33 bits per heavy atom. The summed E-state index contributed by atoms with van der Waals surface area (Å²) in [6.07, 6.45) is 4.90. The molecule has 1 fully saturated rings. The molecule has 0 saturated heterocycles. The Hall–Kier alpha value is -2.96. The van der Waals surface area contributed by atoms with Crippen LogP contribution >= 0.6 is 0 Å². The van der Waals surface area contributed by atoms with E-state index in [-0.39, 0.29) is 6.04 Å². The molecule has 1 atom stereocenters. The summed E-state index contributed by atoms with van der Waals surface area (Å²) in [6.45, 7) is 3.29. The van der Waals surface area contributed by atoms with Crippen molar-refractivity contribution < 1.29 is 14.3 Å². The molecule has 1 aliphatic heterocycles. The molecule has 1 aromatic carbocycles. The van der Waals surface area contributed by atoms with Crippen LogP contribution in [0.15, 0.2) is 24.3 Å². The number of rotatable bonds is 7. The quantitative estimate of drug-likeness (QED) is 0.726. The predicted molar refractivity (Wildman–Crippen MR) is 115 cm³/mol. The second-order valence-corrected chi connectivity index (χ2v) is 8.23. The van der Waals surface area contributed by atoms with Crippen LogP contribution in [0.25, 0.3) is 11.1 Å². The molecule has 2 aliphatic rings. The van der Waals surface area contributed by atoms with Crippen molar-refractivity contribution in [2.24, 2.45) is 11.5 Å². The highest BCUT2D eigenvalue weighted by molar-refractivity contribution is 6.03. The topological polar surface area (TPSA) is 104 Å². The number of fused-ring (bicyclic) bond motifs is 1. The zero-order valence-electron chi connectivity index (χ0n) is 17.7. The third kappa shape index (κ3) is 3.42. The van der Waals surface area contributed by atoms with E-state index in [1.54, 1.807) is 12.0 Å². The largest absolute Gasteiger partial charge is 0.497 e. The molecule has 1 aliphatic carbocycles. The smallest absolute Gasteiger partial charge is 0.315 e. The summed E-state index contributed by atoms with van der Waals surface area (Å²) in [7, 11) is 1.63. The first-order chi connectivity index (χ1) is 14.5. The monoisotopic (exact) mass is 410 g/mol. The fourth-order valence-electron chi connectivity index (χ4n) is 4.79. The molecule has 7 nitrogen and oxygen atoms in total. The number of aromatic nitrogens is 1. The molecule has 7 heteroatoms. The van der Waals surface area contributed by atoms with E-state index in [1.807, 2.05) is 24.3 Å². The van der Waals surface area contributed by atoms with Crippen LogP contribution in [0.3, 0.4) is 0 Å². The standard InChI is InChI=1S/C23H30N4O3/c1-3-4-5-17-21-19(22(24)28)18(14-8-10-16(30-2)11-9-14)20(15-6-7-15)27(21)13-12-26(17)23(25)29/h8-11,15,17H,3-7,12-13H2,1-2H3,(H2,24,28)(H2,25,29). The van der Waals surface area contributed by atoms with E-state index in [0.29, 0.717) is 24.6 Å². The molecule has 30 heavy (non-hydrogen) atoms. The lowest BCUT2D eigenvalue weighted by molar-refractivity contribution is 0.0993. The van der Waals surface area contributed by atoms with E-state index in [0.717, 1.165) is 54.7 Å². The number of carbonyl (C=O) groups excluding carboxylic acids is 2. The second kappa shape index (κ2) is 8.05. The van der Waals surface area contributed by atoms with Gasteiger partial charge in [0.05, 0.1) is 24.4 Å². The molecule has 0 bridgehead atoms. The first kappa shape index (κ1) is 20.3. The van der Waals surface area contributed by atoms with Crippen LogP contribution in [-0.2, 0) is 6.54 Å². The van der Waals surface area contributed by atoms with Crippen LogP contribution in [0.1, 0.15) is 72.7 Å². The number of unbranched alkanes of at least 4 members (excludes halogenated alkanes) is 1. The number of methoxy groups -OCH3 is 1. The highest BCUT2D eigenvalue weighted by atomic mass is 16.5. The molecular formula is C23H30N4O3. The van der Waals surface area contributed by atoms with Gasteiger partial charge >= 0.3 is 6.03 Å². The number of hydrogen-bond donors (Lipinski definition) is 2. The minimum atomic E-state index is -0.454. The van der Waals surface area contributed by atoms with Crippen molar-refractivity contribution in [2.45, 2.75) is 57.5 Å². The van der Waals surface area contributed by atoms with Crippen molar-refractivity contribution in [3.8, 4) is 16.9 Å². The van der Waals surface area contributed by atoms with E-state index in [9.17, 15) is 9.59 Å². The summed E-state index contributed by atoms with van der Waals surface area (Å²) in [5.41, 5.74) is 16.1. The molecule has 4 rings (SSSR count). The summed E-state index contributed by atoms with van der Waals surface area (Å²) < 4.78 is 7.56. The minimum absolute atomic E-state index is 0.233. The highest BCUT2D eigenvalue weighted by Crippen LogP contribution is 2.50. The molecule has 4 N–H and O–H groups in total. The molecular weight excluding hydrogens is 380 g/mol. The fraction of sp³-hybridized carbons (Fsp3) is 0.478. The summed E-state index contributed by atoms with van der Waals surface area (Å²) in [4.78, 5) is 26.7. The van der Waals surface area contributed by atoms with Crippen LogP contribution in [0.4, 0.5) is 4.79 Å². The van der Waals surface area contributed by atoms with Gasteiger partial charge in [0.15, 0.2) is 0 Å². The SMILES string of the molecule is CCCCC1c2c(C(N)=O)c(-c3ccc(OC)cc3)c(C3CC3)n2CCN1C(N)=O. The van der Waals surface area contributed by atoms with Crippen molar-refractivity contribution in [3.05, 3.63) is 41.2 Å². The number of hydrogen-bond acceptors (Lipinski definition) is 3. The Morgan fingerprint density at radius 2 is 1.80 bits per heavy atom. The molecule has 160 valence electrons. The third-order valence-electron chi connectivity index (χ3n) is 6.30. The van der Waals surface area contributed by atoms with Crippen molar-refractivity contribution >= 4 is 11.9 Å². The van der Waals surface area contributed by atoms with Gasteiger partial charge in [-0.2, -0.15) is 0 Å². The van der Waals surface area contributed by atoms with Gasteiger partial charge in [0.1, 0.15) is 5.75 Å². The normalized spacial score (nSPS) is 18.2.